The quantitative estimate of drug-likeness (QED) is 0.678. The van der Waals surface area contributed by atoms with Gasteiger partial charge in [0.15, 0.2) is 17.3 Å². The summed E-state index contributed by atoms with van der Waals surface area (Å²) < 4.78 is 28.9. The molecule has 0 saturated heterocycles. The van der Waals surface area contributed by atoms with Gasteiger partial charge in [-0.15, -0.1) is 0 Å². The molecule has 1 aliphatic heterocycles. The van der Waals surface area contributed by atoms with Crippen LogP contribution >= 0.6 is 0 Å². The highest BCUT2D eigenvalue weighted by Gasteiger charge is 2.28. The van der Waals surface area contributed by atoms with E-state index < -0.39 is 23.7 Å². The molecule has 2 aromatic carbocycles. The average Bonchev–Trinajstić information content (AvgIpc) is 3.35. The fourth-order valence-corrected chi connectivity index (χ4v) is 2.99. The van der Waals surface area contributed by atoms with Gasteiger partial charge < -0.3 is 24.4 Å². The van der Waals surface area contributed by atoms with Gasteiger partial charge in [-0.2, -0.15) is 0 Å². The van der Waals surface area contributed by atoms with Crippen molar-refractivity contribution >= 4 is 11.9 Å². The van der Waals surface area contributed by atoms with Crippen molar-refractivity contribution in [1.29, 1.82) is 0 Å². The van der Waals surface area contributed by atoms with Crippen LogP contribution in [0.4, 0.5) is 4.39 Å². The number of carboxylic acids is 1. The van der Waals surface area contributed by atoms with Crippen LogP contribution in [-0.4, -0.2) is 28.9 Å². The molecule has 0 fully saturated rings. The van der Waals surface area contributed by atoms with Crippen LogP contribution in [0, 0.1) is 5.82 Å². The number of hydrogen-bond acceptors (Lipinski definition) is 6. The summed E-state index contributed by atoms with van der Waals surface area (Å²) in [4.78, 5) is 24.4. The van der Waals surface area contributed by atoms with E-state index in [-0.39, 0.29) is 23.8 Å². The molecule has 0 bridgehead atoms. The standard InChI is InChI=1S/C20H15FN2O6/c1-10(22-19(24)12-4-7-14-15(8-12)28-9-27-14)18-16(20(25)26)17(23-29-18)11-2-5-13(21)6-3-11/h2-8,10H,9H2,1H3,(H,22,24)(H,25,26)/t10-/m1/s1. The Balaban J connectivity index is 1.60. The fraction of sp³-hybridized carbons (Fsp3) is 0.150. The van der Waals surface area contributed by atoms with E-state index in [2.05, 4.69) is 10.5 Å². The number of carbonyl (C=O) groups is 2. The van der Waals surface area contributed by atoms with Crippen molar-refractivity contribution in [2.45, 2.75) is 13.0 Å². The zero-order chi connectivity index (χ0) is 20.5. The molecule has 2 N–H and O–H groups in total. The zero-order valence-electron chi connectivity index (χ0n) is 15.1. The predicted molar refractivity (Wildman–Crippen MR) is 97.3 cm³/mol. The molecule has 0 spiro atoms. The van der Waals surface area contributed by atoms with Gasteiger partial charge in [0.2, 0.25) is 6.79 Å². The Morgan fingerprint density at radius 1 is 1.14 bits per heavy atom. The van der Waals surface area contributed by atoms with Crippen molar-refractivity contribution in [3.8, 4) is 22.8 Å². The molecule has 148 valence electrons. The van der Waals surface area contributed by atoms with Gasteiger partial charge in [0.25, 0.3) is 5.91 Å². The average molecular weight is 398 g/mol. The number of carbonyl (C=O) groups excluding carboxylic acids is 1. The number of ether oxygens (including phenoxy) is 2. The summed E-state index contributed by atoms with van der Waals surface area (Å²) >= 11 is 0. The number of aromatic nitrogens is 1. The van der Waals surface area contributed by atoms with Crippen LogP contribution in [0.3, 0.4) is 0 Å². The molecular formula is C20H15FN2O6. The van der Waals surface area contributed by atoms with Crippen LogP contribution in [0.15, 0.2) is 47.0 Å². The Morgan fingerprint density at radius 2 is 1.86 bits per heavy atom. The minimum Gasteiger partial charge on any atom is -0.477 e. The highest BCUT2D eigenvalue weighted by molar-refractivity contribution is 5.97. The number of hydrogen-bond donors (Lipinski definition) is 2. The van der Waals surface area contributed by atoms with Gasteiger partial charge in [-0.05, 0) is 49.4 Å². The lowest BCUT2D eigenvalue weighted by atomic mass is 10.0. The number of nitrogens with one attached hydrogen (secondary N) is 1. The second-order valence-electron chi connectivity index (χ2n) is 6.35. The second kappa shape index (κ2) is 7.27. The van der Waals surface area contributed by atoms with E-state index in [1.54, 1.807) is 19.1 Å². The molecule has 0 radical (unpaired) electrons. The smallest absolute Gasteiger partial charge is 0.341 e. The molecule has 3 aromatic rings. The van der Waals surface area contributed by atoms with E-state index in [1.165, 1.54) is 30.3 Å². The number of nitrogens with zero attached hydrogens (tertiary/aromatic N) is 1. The number of rotatable bonds is 5. The maximum atomic E-state index is 13.2. The molecule has 1 atom stereocenters. The van der Waals surface area contributed by atoms with Gasteiger partial charge in [-0.1, -0.05) is 5.16 Å². The summed E-state index contributed by atoms with van der Waals surface area (Å²) in [6.07, 6.45) is 0. The monoisotopic (exact) mass is 398 g/mol. The first kappa shape index (κ1) is 18.5. The molecule has 29 heavy (non-hydrogen) atoms. The minimum atomic E-state index is -1.27. The van der Waals surface area contributed by atoms with Crippen LogP contribution in [0.25, 0.3) is 11.3 Å². The third kappa shape index (κ3) is 3.49. The summed E-state index contributed by atoms with van der Waals surface area (Å²) in [5, 5.41) is 16.1. The van der Waals surface area contributed by atoms with Gasteiger partial charge in [0.1, 0.15) is 17.1 Å². The van der Waals surface area contributed by atoms with Crippen LogP contribution in [0.1, 0.15) is 39.4 Å². The summed E-state index contributed by atoms with van der Waals surface area (Å²) in [5.41, 5.74) is 0.552. The summed E-state index contributed by atoms with van der Waals surface area (Å²) in [7, 11) is 0. The molecule has 0 unspecified atom stereocenters. The molecule has 0 aliphatic carbocycles. The van der Waals surface area contributed by atoms with Crippen LogP contribution in [0.5, 0.6) is 11.5 Å². The Hall–Kier alpha value is -3.88. The lowest BCUT2D eigenvalue weighted by molar-refractivity contribution is 0.0692. The Bertz CT molecular complexity index is 1090. The molecule has 8 nitrogen and oxygen atoms in total. The van der Waals surface area contributed by atoms with Crippen molar-refractivity contribution in [2.75, 3.05) is 6.79 Å². The van der Waals surface area contributed by atoms with Gasteiger partial charge in [0, 0.05) is 11.1 Å². The van der Waals surface area contributed by atoms with Crippen LogP contribution < -0.4 is 14.8 Å². The SMILES string of the molecule is C[C@@H](NC(=O)c1ccc2c(c1)OCO2)c1onc(-c2ccc(F)cc2)c1C(=O)O. The van der Waals surface area contributed by atoms with E-state index in [0.717, 1.165) is 0 Å². The van der Waals surface area contributed by atoms with Crippen molar-refractivity contribution in [3.63, 3.8) is 0 Å². The third-order valence-electron chi connectivity index (χ3n) is 4.43. The van der Waals surface area contributed by atoms with Crippen molar-refractivity contribution in [1.82, 2.24) is 10.5 Å². The first-order valence-electron chi connectivity index (χ1n) is 8.63. The van der Waals surface area contributed by atoms with E-state index in [1.807, 2.05) is 0 Å². The van der Waals surface area contributed by atoms with Crippen molar-refractivity contribution < 1.29 is 33.1 Å². The lowest BCUT2D eigenvalue weighted by Crippen LogP contribution is -2.27. The third-order valence-corrected chi connectivity index (χ3v) is 4.43. The minimum absolute atomic E-state index is 0.0223. The van der Waals surface area contributed by atoms with Crippen LogP contribution in [-0.2, 0) is 0 Å². The van der Waals surface area contributed by atoms with E-state index >= 15 is 0 Å². The Morgan fingerprint density at radius 3 is 2.59 bits per heavy atom. The maximum Gasteiger partial charge on any atom is 0.341 e. The molecule has 4 rings (SSSR count). The van der Waals surface area contributed by atoms with Crippen molar-refractivity contribution in [2.24, 2.45) is 0 Å². The number of aromatic carboxylic acids is 1. The Kier molecular flexibility index (Phi) is 4.63. The summed E-state index contributed by atoms with van der Waals surface area (Å²) in [5.74, 6) is -1.21. The number of benzene rings is 2. The molecule has 1 aromatic heterocycles. The topological polar surface area (TPSA) is 111 Å². The molecule has 1 aliphatic rings. The van der Waals surface area contributed by atoms with Crippen LogP contribution in [0.2, 0.25) is 0 Å². The highest BCUT2D eigenvalue weighted by Crippen LogP contribution is 2.33. The number of halogens is 1. The normalized spacial score (nSPS) is 13.2. The lowest BCUT2D eigenvalue weighted by Gasteiger charge is -2.12. The first-order chi connectivity index (χ1) is 13.9. The molecule has 1 amide bonds. The van der Waals surface area contributed by atoms with Gasteiger partial charge >= 0.3 is 5.97 Å². The highest BCUT2D eigenvalue weighted by atomic mass is 19.1. The summed E-state index contributed by atoms with van der Waals surface area (Å²) in [6.45, 7) is 1.66. The first-order valence-corrected chi connectivity index (χ1v) is 8.63. The molecule has 9 heteroatoms. The van der Waals surface area contributed by atoms with E-state index in [9.17, 15) is 19.1 Å². The predicted octanol–water partition coefficient (Wildman–Crippen LogP) is 3.40. The zero-order valence-corrected chi connectivity index (χ0v) is 15.1. The number of amides is 1. The number of carboxylic acid groups (broad SMARTS) is 1. The maximum absolute atomic E-state index is 13.2. The second-order valence-corrected chi connectivity index (χ2v) is 6.35. The van der Waals surface area contributed by atoms with Gasteiger partial charge in [-0.25, -0.2) is 9.18 Å². The van der Waals surface area contributed by atoms with Gasteiger partial charge in [-0.3, -0.25) is 4.79 Å². The van der Waals surface area contributed by atoms with E-state index in [4.69, 9.17) is 14.0 Å². The fourth-order valence-electron chi connectivity index (χ4n) is 2.99. The Labute approximate surface area is 163 Å². The number of fused-ring (bicyclic) bond motifs is 1. The van der Waals surface area contributed by atoms with Gasteiger partial charge in [0.05, 0.1) is 6.04 Å². The largest absolute Gasteiger partial charge is 0.477 e. The van der Waals surface area contributed by atoms with E-state index in [0.29, 0.717) is 22.6 Å². The molecular weight excluding hydrogens is 383 g/mol. The van der Waals surface area contributed by atoms with Crippen molar-refractivity contribution in [3.05, 3.63) is 65.2 Å². The summed E-state index contributed by atoms with van der Waals surface area (Å²) in [6, 6.07) is 9.12. The molecule has 0 saturated carbocycles. The molecule has 2 heterocycles.